The lowest BCUT2D eigenvalue weighted by atomic mass is 10.1. The standard InChI is InChI=1S/C20H19N7O3/c1-4-26-16-10-9-13(17(28)21-19-22-23-24-25(19)3)11-14(16)18(29)27(20(26)30)15-8-6-5-7-12(15)2/h5-11H,4H2,1-3H3,(H,21,22,24,28). The summed E-state index contributed by atoms with van der Waals surface area (Å²) in [6, 6.07) is 11.8. The molecule has 2 heterocycles. The van der Waals surface area contributed by atoms with E-state index in [9.17, 15) is 14.4 Å². The number of carbonyl (C=O) groups excluding carboxylic acids is 1. The van der Waals surface area contributed by atoms with Crippen LogP contribution >= 0.6 is 0 Å². The van der Waals surface area contributed by atoms with E-state index in [0.29, 0.717) is 17.7 Å². The molecule has 2 aromatic heterocycles. The Labute approximate surface area is 170 Å². The Kier molecular flexibility index (Phi) is 4.74. The third-order valence-corrected chi connectivity index (χ3v) is 4.92. The third-order valence-electron chi connectivity index (χ3n) is 4.92. The summed E-state index contributed by atoms with van der Waals surface area (Å²) in [5.74, 6) is -0.290. The first-order chi connectivity index (χ1) is 14.4. The number of anilines is 1. The number of aromatic nitrogens is 6. The van der Waals surface area contributed by atoms with Crippen LogP contribution in [-0.2, 0) is 13.6 Å². The van der Waals surface area contributed by atoms with Crippen LogP contribution < -0.4 is 16.6 Å². The summed E-state index contributed by atoms with van der Waals surface area (Å²) in [7, 11) is 1.59. The van der Waals surface area contributed by atoms with Gasteiger partial charge < -0.3 is 0 Å². The number of para-hydroxylation sites is 1. The van der Waals surface area contributed by atoms with Crippen LogP contribution in [0.15, 0.2) is 52.1 Å². The molecule has 30 heavy (non-hydrogen) atoms. The second-order valence-corrected chi connectivity index (χ2v) is 6.77. The molecule has 0 atom stereocenters. The van der Waals surface area contributed by atoms with Crippen LogP contribution in [0.25, 0.3) is 16.6 Å². The van der Waals surface area contributed by atoms with Gasteiger partial charge in [-0.3, -0.25) is 19.5 Å². The van der Waals surface area contributed by atoms with Gasteiger partial charge >= 0.3 is 5.69 Å². The maximum absolute atomic E-state index is 13.3. The lowest BCUT2D eigenvalue weighted by Crippen LogP contribution is -2.39. The van der Waals surface area contributed by atoms with E-state index >= 15 is 0 Å². The van der Waals surface area contributed by atoms with Crippen molar-refractivity contribution in [1.82, 2.24) is 29.3 Å². The van der Waals surface area contributed by atoms with Gasteiger partial charge in [0.15, 0.2) is 0 Å². The molecular weight excluding hydrogens is 386 g/mol. The quantitative estimate of drug-likeness (QED) is 0.546. The minimum atomic E-state index is -0.482. The van der Waals surface area contributed by atoms with Crippen molar-refractivity contribution in [2.45, 2.75) is 20.4 Å². The van der Waals surface area contributed by atoms with Gasteiger partial charge in [0.05, 0.1) is 16.6 Å². The number of carbonyl (C=O) groups is 1. The van der Waals surface area contributed by atoms with E-state index in [2.05, 4.69) is 20.8 Å². The minimum absolute atomic E-state index is 0.177. The molecule has 0 unspecified atom stereocenters. The first kappa shape index (κ1) is 19.2. The van der Waals surface area contributed by atoms with Crippen LogP contribution in [0.4, 0.5) is 5.95 Å². The number of nitrogens with one attached hydrogen (secondary N) is 1. The maximum atomic E-state index is 13.3. The summed E-state index contributed by atoms with van der Waals surface area (Å²) >= 11 is 0. The number of aryl methyl sites for hydroxylation is 3. The van der Waals surface area contributed by atoms with E-state index in [1.165, 1.54) is 15.3 Å². The molecule has 0 saturated carbocycles. The van der Waals surface area contributed by atoms with Crippen LogP contribution in [0.1, 0.15) is 22.8 Å². The highest BCUT2D eigenvalue weighted by Crippen LogP contribution is 2.16. The molecule has 152 valence electrons. The molecule has 1 amide bonds. The fourth-order valence-corrected chi connectivity index (χ4v) is 3.36. The molecule has 0 spiro atoms. The maximum Gasteiger partial charge on any atom is 0.336 e. The van der Waals surface area contributed by atoms with Crippen LogP contribution in [0, 0.1) is 6.92 Å². The molecule has 0 aliphatic carbocycles. The average Bonchev–Trinajstić information content (AvgIpc) is 3.14. The van der Waals surface area contributed by atoms with E-state index in [1.54, 1.807) is 31.3 Å². The molecule has 0 bridgehead atoms. The van der Waals surface area contributed by atoms with Crippen molar-refractivity contribution in [3.8, 4) is 5.69 Å². The minimum Gasteiger partial charge on any atom is -0.293 e. The van der Waals surface area contributed by atoms with Crippen molar-refractivity contribution in [2.75, 3.05) is 5.32 Å². The van der Waals surface area contributed by atoms with Crippen molar-refractivity contribution < 1.29 is 4.79 Å². The number of hydrogen-bond acceptors (Lipinski definition) is 6. The Bertz CT molecular complexity index is 1400. The summed E-state index contributed by atoms with van der Waals surface area (Å²) in [5, 5.41) is 13.7. The number of tetrazole rings is 1. The summed E-state index contributed by atoms with van der Waals surface area (Å²) in [4.78, 5) is 39.0. The highest BCUT2D eigenvalue weighted by Gasteiger charge is 2.17. The van der Waals surface area contributed by atoms with Gasteiger partial charge in [-0.15, -0.1) is 0 Å². The predicted octanol–water partition coefficient (Wildman–Crippen LogP) is 1.26. The normalized spacial score (nSPS) is 11.0. The summed E-state index contributed by atoms with van der Waals surface area (Å²) in [6.07, 6.45) is 0. The van der Waals surface area contributed by atoms with Gasteiger partial charge in [-0.2, -0.15) is 0 Å². The highest BCUT2D eigenvalue weighted by molar-refractivity contribution is 6.05. The van der Waals surface area contributed by atoms with Crippen molar-refractivity contribution >= 4 is 22.8 Å². The van der Waals surface area contributed by atoms with Gasteiger partial charge in [-0.1, -0.05) is 23.3 Å². The first-order valence-corrected chi connectivity index (χ1v) is 9.31. The Balaban J connectivity index is 1.92. The molecule has 4 rings (SSSR count). The number of rotatable bonds is 4. The number of nitrogens with zero attached hydrogens (tertiary/aromatic N) is 6. The zero-order valence-corrected chi connectivity index (χ0v) is 16.7. The molecule has 0 aliphatic heterocycles. The number of fused-ring (bicyclic) bond motifs is 1. The SMILES string of the molecule is CCn1c(=O)n(-c2ccccc2C)c(=O)c2cc(C(=O)Nc3nnnn3C)ccc21. The fraction of sp³-hybridized carbons (Fsp3) is 0.200. The van der Waals surface area contributed by atoms with Crippen molar-refractivity contribution in [3.05, 3.63) is 74.4 Å². The molecule has 0 radical (unpaired) electrons. The molecular formula is C20H19N7O3. The molecule has 0 aliphatic rings. The van der Waals surface area contributed by atoms with Gasteiger partial charge in [0, 0.05) is 19.2 Å². The van der Waals surface area contributed by atoms with Gasteiger partial charge in [-0.25, -0.2) is 14.0 Å². The average molecular weight is 405 g/mol. The van der Waals surface area contributed by atoms with Crippen molar-refractivity contribution in [3.63, 3.8) is 0 Å². The van der Waals surface area contributed by atoms with Crippen LogP contribution in [-0.4, -0.2) is 35.2 Å². The molecule has 0 saturated heterocycles. The van der Waals surface area contributed by atoms with E-state index in [-0.39, 0.29) is 16.9 Å². The number of amides is 1. The largest absolute Gasteiger partial charge is 0.336 e. The number of benzene rings is 2. The van der Waals surface area contributed by atoms with E-state index in [1.807, 2.05) is 26.0 Å². The smallest absolute Gasteiger partial charge is 0.293 e. The molecule has 1 N–H and O–H groups in total. The highest BCUT2D eigenvalue weighted by atomic mass is 16.2. The van der Waals surface area contributed by atoms with E-state index in [0.717, 1.165) is 10.1 Å². The molecule has 0 fully saturated rings. The number of hydrogen-bond donors (Lipinski definition) is 1. The van der Waals surface area contributed by atoms with Crippen molar-refractivity contribution in [1.29, 1.82) is 0 Å². The molecule has 10 nitrogen and oxygen atoms in total. The first-order valence-electron chi connectivity index (χ1n) is 9.31. The second-order valence-electron chi connectivity index (χ2n) is 6.77. The lowest BCUT2D eigenvalue weighted by molar-refractivity contribution is 0.102. The third kappa shape index (κ3) is 3.08. The van der Waals surface area contributed by atoms with Crippen molar-refractivity contribution in [2.24, 2.45) is 7.05 Å². The van der Waals surface area contributed by atoms with Crippen LogP contribution in [0.2, 0.25) is 0 Å². The van der Waals surface area contributed by atoms with Gasteiger partial charge in [0.1, 0.15) is 0 Å². The second kappa shape index (κ2) is 7.39. The van der Waals surface area contributed by atoms with E-state index in [4.69, 9.17) is 0 Å². The summed E-state index contributed by atoms with van der Waals surface area (Å²) in [6.45, 7) is 4.04. The molecule has 2 aromatic carbocycles. The van der Waals surface area contributed by atoms with Crippen LogP contribution in [0.5, 0.6) is 0 Å². The lowest BCUT2D eigenvalue weighted by Gasteiger charge is -2.14. The molecule has 10 heteroatoms. The van der Waals surface area contributed by atoms with Gasteiger partial charge in [0.2, 0.25) is 5.95 Å². The Morgan fingerprint density at radius 2 is 1.90 bits per heavy atom. The molecule has 4 aromatic rings. The fourth-order valence-electron chi connectivity index (χ4n) is 3.36. The van der Waals surface area contributed by atoms with Gasteiger partial charge in [0.25, 0.3) is 11.5 Å². The Morgan fingerprint density at radius 3 is 2.57 bits per heavy atom. The van der Waals surface area contributed by atoms with Gasteiger partial charge in [-0.05, 0) is 54.1 Å². The summed E-state index contributed by atoms with van der Waals surface area (Å²) in [5.41, 5.74) is 1.11. The summed E-state index contributed by atoms with van der Waals surface area (Å²) < 4.78 is 3.98. The zero-order chi connectivity index (χ0) is 21.4. The van der Waals surface area contributed by atoms with Crippen LogP contribution in [0.3, 0.4) is 0 Å². The zero-order valence-electron chi connectivity index (χ0n) is 16.7. The monoisotopic (exact) mass is 405 g/mol. The topological polar surface area (TPSA) is 117 Å². The van der Waals surface area contributed by atoms with E-state index < -0.39 is 17.2 Å². The Hall–Kier alpha value is -4.08. The Morgan fingerprint density at radius 1 is 1.13 bits per heavy atom. The predicted molar refractivity (Wildman–Crippen MR) is 111 cm³/mol.